The van der Waals surface area contributed by atoms with Crippen molar-refractivity contribution in [2.45, 2.75) is 37.3 Å². The van der Waals surface area contributed by atoms with Gasteiger partial charge in [-0.2, -0.15) is 8.78 Å². The van der Waals surface area contributed by atoms with Gasteiger partial charge in [-0.25, -0.2) is 8.42 Å². The molecule has 0 spiro atoms. The van der Waals surface area contributed by atoms with Crippen molar-refractivity contribution in [2.24, 2.45) is 0 Å². The summed E-state index contributed by atoms with van der Waals surface area (Å²) in [5.74, 6) is -4.24. The Bertz CT molecular complexity index is 662. The van der Waals surface area contributed by atoms with Gasteiger partial charge in [0.15, 0.2) is 0 Å². The lowest BCUT2D eigenvalue weighted by atomic mass is 10.1. The summed E-state index contributed by atoms with van der Waals surface area (Å²) in [6.07, 6.45) is 1.74. The quantitative estimate of drug-likeness (QED) is 0.768. The molecule has 1 heterocycles. The second kappa shape index (κ2) is 9.45. The summed E-state index contributed by atoms with van der Waals surface area (Å²) in [6, 6.07) is 6.00. The molecule has 5 nitrogen and oxygen atoms in total. The molecule has 142 valence electrons. The van der Waals surface area contributed by atoms with Crippen LogP contribution >= 0.6 is 12.4 Å². The van der Waals surface area contributed by atoms with Gasteiger partial charge in [-0.05, 0) is 37.1 Å². The van der Waals surface area contributed by atoms with E-state index in [-0.39, 0.29) is 29.9 Å². The molecule has 1 amide bonds. The number of amides is 1. The van der Waals surface area contributed by atoms with E-state index in [0.29, 0.717) is 12.1 Å². The van der Waals surface area contributed by atoms with E-state index in [0.717, 1.165) is 25.9 Å². The maximum Gasteiger partial charge on any atom is 0.337 e. The number of alkyl halides is 2. The van der Waals surface area contributed by atoms with E-state index >= 15 is 0 Å². The molecule has 0 saturated carbocycles. The molecule has 1 aromatic rings. The summed E-state index contributed by atoms with van der Waals surface area (Å²) < 4.78 is 47.3. The minimum absolute atomic E-state index is 0. The van der Waals surface area contributed by atoms with E-state index in [1.807, 2.05) is 11.8 Å². The van der Waals surface area contributed by atoms with Crippen molar-refractivity contribution in [2.75, 3.05) is 19.6 Å². The molecule has 1 fully saturated rings. The third-order valence-electron chi connectivity index (χ3n) is 4.04. The molecule has 0 aromatic heterocycles. The van der Waals surface area contributed by atoms with Gasteiger partial charge in [-0.15, -0.1) is 12.4 Å². The third kappa shape index (κ3) is 5.62. The number of rotatable bonds is 7. The van der Waals surface area contributed by atoms with E-state index in [1.54, 1.807) is 0 Å². The van der Waals surface area contributed by atoms with E-state index in [2.05, 4.69) is 5.32 Å². The minimum atomic E-state index is -4.46. The first-order chi connectivity index (χ1) is 11.3. The predicted octanol–water partition coefficient (Wildman–Crippen LogP) is 2.46. The molecule has 1 unspecified atom stereocenters. The van der Waals surface area contributed by atoms with Crippen LogP contribution < -0.4 is 5.32 Å². The van der Waals surface area contributed by atoms with Gasteiger partial charge in [0.05, 0.1) is 5.75 Å². The Balaban J connectivity index is 0.00000312. The lowest BCUT2D eigenvalue weighted by Crippen LogP contribution is -2.42. The number of sulfone groups is 1. The second-order valence-electron chi connectivity index (χ2n) is 5.91. The van der Waals surface area contributed by atoms with Crippen LogP contribution in [0.3, 0.4) is 0 Å². The van der Waals surface area contributed by atoms with Crippen molar-refractivity contribution < 1.29 is 22.0 Å². The number of nitrogens with one attached hydrogen (secondary N) is 1. The first-order valence-corrected chi connectivity index (χ1v) is 9.67. The highest BCUT2D eigenvalue weighted by molar-refractivity contribution is 7.90. The number of nitrogens with zero attached hydrogens (tertiary/aromatic N) is 1. The molecule has 1 N–H and O–H groups in total. The maximum atomic E-state index is 12.7. The standard InChI is InChI=1S/C16H22F2N2O3S.ClH/c1-2-9-20(14-7-8-19-10-14)15(21)13-5-3-12(4-6-13)11-24(22,23)16(17)18;/h3-6,14,16,19H,2,7-11H2,1H3;1H. The fourth-order valence-electron chi connectivity index (χ4n) is 2.80. The van der Waals surface area contributed by atoms with Crippen LogP contribution in [0.2, 0.25) is 0 Å². The van der Waals surface area contributed by atoms with E-state index in [9.17, 15) is 22.0 Å². The molecule has 1 saturated heterocycles. The molecule has 1 atom stereocenters. The number of benzene rings is 1. The van der Waals surface area contributed by atoms with Crippen LogP contribution in [-0.4, -0.2) is 50.7 Å². The second-order valence-corrected chi connectivity index (χ2v) is 7.88. The molecule has 0 bridgehead atoms. The summed E-state index contributed by atoms with van der Waals surface area (Å²) in [4.78, 5) is 14.5. The highest BCUT2D eigenvalue weighted by Gasteiger charge is 2.27. The molecular formula is C16H23ClF2N2O3S. The molecule has 1 aliphatic rings. The summed E-state index contributed by atoms with van der Waals surface area (Å²) in [5.41, 5.74) is 0.685. The summed E-state index contributed by atoms with van der Waals surface area (Å²) in [6.45, 7) is 4.28. The Morgan fingerprint density at radius 1 is 1.32 bits per heavy atom. The number of hydrogen-bond acceptors (Lipinski definition) is 4. The van der Waals surface area contributed by atoms with Crippen molar-refractivity contribution in [3.63, 3.8) is 0 Å². The molecule has 9 heteroatoms. The zero-order chi connectivity index (χ0) is 17.7. The number of hydrogen-bond donors (Lipinski definition) is 1. The summed E-state index contributed by atoms with van der Waals surface area (Å²) in [5, 5.41) is 3.23. The van der Waals surface area contributed by atoms with Gasteiger partial charge in [0.25, 0.3) is 5.91 Å². The largest absolute Gasteiger partial charge is 0.337 e. The van der Waals surface area contributed by atoms with Crippen molar-refractivity contribution in [3.8, 4) is 0 Å². The monoisotopic (exact) mass is 396 g/mol. The minimum Gasteiger partial charge on any atom is -0.334 e. The summed E-state index contributed by atoms with van der Waals surface area (Å²) in [7, 11) is -4.46. The smallest absolute Gasteiger partial charge is 0.334 e. The Labute approximate surface area is 153 Å². The Morgan fingerprint density at radius 2 is 1.96 bits per heavy atom. The van der Waals surface area contributed by atoms with Crippen LogP contribution in [0.15, 0.2) is 24.3 Å². The Kier molecular flexibility index (Phi) is 8.24. The first-order valence-electron chi connectivity index (χ1n) is 7.95. The van der Waals surface area contributed by atoms with E-state index < -0.39 is 21.3 Å². The molecule has 25 heavy (non-hydrogen) atoms. The van der Waals surface area contributed by atoms with Crippen LogP contribution in [-0.2, 0) is 15.6 Å². The average Bonchev–Trinajstić information content (AvgIpc) is 3.06. The number of carbonyl (C=O) groups excluding carboxylic acids is 1. The van der Waals surface area contributed by atoms with Crippen molar-refractivity contribution >= 4 is 28.2 Å². The van der Waals surface area contributed by atoms with Crippen LogP contribution in [0.5, 0.6) is 0 Å². The highest BCUT2D eigenvalue weighted by atomic mass is 35.5. The van der Waals surface area contributed by atoms with Crippen molar-refractivity contribution in [3.05, 3.63) is 35.4 Å². The maximum absolute atomic E-state index is 12.7. The van der Waals surface area contributed by atoms with Gasteiger partial charge in [-0.1, -0.05) is 19.1 Å². The zero-order valence-electron chi connectivity index (χ0n) is 14.0. The fraction of sp³-hybridized carbons (Fsp3) is 0.562. The van der Waals surface area contributed by atoms with Gasteiger partial charge in [0.2, 0.25) is 9.84 Å². The molecular weight excluding hydrogens is 374 g/mol. The van der Waals surface area contributed by atoms with Crippen molar-refractivity contribution in [1.82, 2.24) is 10.2 Å². The summed E-state index contributed by atoms with van der Waals surface area (Å²) >= 11 is 0. The van der Waals surface area contributed by atoms with Gasteiger partial charge >= 0.3 is 5.76 Å². The van der Waals surface area contributed by atoms with Crippen LogP contribution in [0.4, 0.5) is 8.78 Å². The zero-order valence-corrected chi connectivity index (χ0v) is 15.6. The normalized spacial score (nSPS) is 17.4. The van der Waals surface area contributed by atoms with Gasteiger partial charge < -0.3 is 10.2 Å². The Morgan fingerprint density at radius 3 is 2.44 bits per heavy atom. The lowest BCUT2D eigenvalue weighted by Gasteiger charge is -2.28. The third-order valence-corrected chi connectivity index (χ3v) is 5.32. The highest BCUT2D eigenvalue weighted by Crippen LogP contribution is 2.17. The van der Waals surface area contributed by atoms with Crippen LogP contribution in [0, 0.1) is 0 Å². The van der Waals surface area contributed by atoms with Gasteiger partial charge in [0, 0.05) is 24.7 Å². The molecule has 0 aliphatic carbocycles. The molecule has 1 aromatic carbocycles. The van der Waals surface area contributed by atoms with Crippen LogP contribution in [0.25, 0.3) is 0 Å². The van der Waals surface area contributed by atoms with Gasteiger partial charge in [0.1, 0.15) is 0 Å². The fourth-order valence-corrected chi connectivity index (χ4v) is 3.58. The molecule has 1 aliphatic heterocycles. The number of halogens is 3. The molecule has 0 radical (unpaired) electrons. The van der Waals surface area contributed by atoms with E-state index in [4.69, 9.17) is 0 Å². The lowest BCUT2D eigenvalue weighted by molar-refractivity contribution is 0.0692. The molecule has 2 rings (SSSR count). The SMILES string of the molecule is CCCN(C(=O)c1ccc(CS(=O)(=O)C(F)F)cc1)C1CCNC1.Cl. The first kappa shape index (κ1) is 21.8. The topological polar surface area (TPSA) is 66.5 Å². The predicted molar refractivity (Wildman–Crippen MR) is 94.9 cm³/mol. The van der Waals surface area contributed by atoms with E-state index in [1.165, 1.54) is 24.3 Å². The average molecular weight is 397 g/mol. The van der Waals surface area contributed by atoms with Crippen molar-refractivity contribution in [1.29, 1.82) is 0 Å². The number of carbonyl (C=O) groups is 1. The van der Waals surface area contributed by atoms with Gasteiger partial charge in [-0.3, -0.25) is 4.79 Å². The van der Waals surface area contributed by atoms with Crippen LogP contribution in [0.1, 0.15) is 35.7 Å². The Hall–Kier alpha value is -1.25.